The van der Waals surface area contributed by atoms with E-state index < -0.39 is 0 Å². The Kier molecular flexibility index (Phi) is 3.68. The van der Waals surface area contributed by atoms with Crippen molar-refractivity contribution in [2.45, 2.75) is 24.9 Å². The molecule has 0 radical (unpaired) electrons. The average molecular weight is 327 g/mol. The number of nitrogens with one attached hydrogen (secondary N) is 1. The molecule has 1 aliphatic rings. The Balaban J connectivity index is 1.47. The van der Waals surface area contributed by atoms with Crippen molar-refractivity contribution < 1.29 is 5.11 Å². The van der Waals surface area contributed by atoms with Crippen LogP contribution in [0.4, 0.5) is 5.69 Å². The molecule has 3 atom stereocenters. The maximum absolute atomic E-state index is 10.4. The Morgan fingerprint density at radius 3 is 3.00 bits per heavy atom. The summed E-state index contributed by atoms with van der Waals surface area (Å²) in [5.74, 6) is 1.40. The SMILES string of the molecule is Cn1cnnc1[C@H]1C[C@H](CNc2ccnc3c2cnn3C)[C@H](O)C1. The van der Waals surface area contributed by atoms with Gasteiger partial charge in [-0.15, -0.1) is 10.2 Å². The van der Waals surface area contributed by atoms with Crippen LogP contribution < -0.4 is 5.32 Å². The Labute approximate surface area is 139 Å². The van der Waals surface area contributed by atoms with Gasteiger partial charge in [0.1, 0.15) is 12.2 Å². The highest BCUT2D eigenvalue weighted by Gasteiger charge is 2.35. The first-order valence-corrected chi connectivity index (χ1v) is 8.16. The summed E-state index contributed by atoms with van der Waals surface area (Å²) in [5.41, 5.74) is 1.85. The molecule has 1 saturated carbocycles. The number of rotatable bonds is 4. The number of aromatic nitrogens is 6. The Hall–Kier alpha value is -2.48. The van der Waals surface area contributed by atoms with Crippen molar-refractivity contribution in [1.82, 2.24) is 29.5 Å². The zero-order valence-electron chi connectivity index (χ0n) is 13.8. The second-order valence-corrected chi connectivity index (χ2v) is 6.54. The van der Waals surface area contributed by atoms with Crippen LogP contribution in [0.15, 0.2) is 24.8 Å². The van der Waals surface area contributed by atoms with Gasteiger partial charge in [0.05, 0.1) is 17.7 Å². The van der Waals surface area contributed by atoms with Gasteiger partial charge in [0.15, 0.2) is 5.65 Å². The van der Waals surface area contributed by atoms with Crippen molar-refractivity contribution in [2.75, 3.05) is 11.9 Å². The highest BCUT2D eigenvalue weighted by atomic mass is 16.3. The molecule has 126 valence electrons. The van der Waals surface area contributed by atoms with Crippen LogP contribution >= 0.6 is 0 Å². The molecule has 0 saturated heterocycles. The second kappa shape index (κ2) is 5.86. The van der Waals surface area contributed by atoms with Crippen LogP contribution in [-0.4, -0.2) is 47.3 Å². The number of aliphatic hydroxyl groups excluding tert-OH is 1. The monoisotopic (exact) mass is 327 g/mol. The molecular weight excluding hydrogens is 306 g/mol. The van der Waals surface area contributed by atoms with Crippen LogP contribution in [0.2, 0.25) is 0 Å². The van der Waals surface area contributed by atoms with E-state index in [1.165, 1.54) is 0 Å². The number of nitrogens with zero attached hydrogens (tertiary/aromatic N) is 6. The first-order valence-electron chi connectivity index (χ1n) is 8.16. The molecule has 8 nitrogen and oxygen atoms in total. The molecule has 8 heteroatoms. The van der Waals surface area contributed by atoms with E-state index in [2.05, 4.69) is 25.6 Å². The number of anilines is 1. The Bertz CT molecular complexity index is 855. The third kappa shape index (κ3) is 2.52. The molecule has 0 aromatic carbocycles. The lowest BCUT2D eigenvalue weighted by molar-refractivity contribution is 0.137. The minimum Gasteiger partial charge on any atom is -0.393 e. The fourth-order valence-corrected chi connectivity index (χ4v) is 3.64. The summed E-state index contributed by atoms with van der Waals surface area (Å²) < 4.78 is 3.70. The molecule has 4 rings (SSSR count). The standard InChI is InChI=1S/C16H21N7O/c1-22-9-19-21-15(22)10-5-11(14(24)6-10)7-18-13-3-4-17-16-12(13)8-20-23(16)2/h3-4,8-11,14,24H,5-7H2,1-2H3,(H,17,18)/t10-,11+,14+/m0/s1. The lowest BCUT2D eigenvalue weighted by atomic mass is 10.0. The van der Waals surface area contributed by atoms with Crippen LogP contribution in [0.1, 0.15) is 24.6 Å². The van der Waals surface area contributed by atoms with Crippen molar-refractivity contribution in [3.63, 3.8) is 0 Å². The molecule has 3 heterocycles. The van der Waals surface area contributed by atoms with Gasteiger partial charge in [-0.25, -0.2) is 4.98 Å². The average Bonchev–Trinajstić information content (AvgIpc) is 3.26. The third-order valence-electron chi connectivity index (χ3n) is 4.96. The van der Waals surface area contributed by atoms with Crippen LogP contribution in [0.25, 0.3) is 11.0 Å². The molecule has 2 N–H and O–H groups in total. The van der Waals surface area contributed by atoms with Gasteiger partial charge in [-0.3, -0.25) is 4.68 Å². The summed E-state index contributed by atoms with van der Waals surface area (Å²) in [6.07, 6.45) is 6.62. The van der Waals surface area contributed by atoms with E-state index in [9.17, 15) is 5.11 Å². The van der Waals surface area contributed by atoms with Crippen LogP contribution in [-0.2, 0) is 14.1 Å². The molecule has 0 unspecified atom stereocenters. The zero-order valence-corrected chi connectivity index (χ0v) is 13.8. The smallest absolute Gasteiger partial charge is 0.159 e. The van der Waals surface area contributed by atoms with Gasteiger partial charge in [0, 0.05) is 44.4 Å². The van der Waals surface area contributed by atoms with E-state index >= 15 is 0 Å². The minimum atomic E-state index is -0.328. The molecule has 0 spiro atoms. The molecule has 0 bridgehead atoms. The van der Waals surface area contributed by atoms with Gasteiger partial charge < -0.3 is 15.0 Å². The van der Waals surface area contributed by atoms with E-state index in [-0.39, 0.29) is 17.9 Å². The van der Waals surface area contributed by atoms with E-state index in [0.29, 0.717) is 6.54 Å². The maximum Gasteiger partial charge on any atom is 0.159 e. The van der Waals surface area contributed by atoms with Gasteiger partial charge in [-0.1, -0.05) is 0 Å². The third-order valence-corrected chi connectivity index (χ3v) is 4.96. The number of hydrogen-bond donors (Lipinski definition) is 2. The predicted molar refractivity (Wildman–Crippen MR) is 89.5 cm³/mol. The number of pyridine rings is 1. The largest absolute Gasteiger partial charge is 0.393 e. The van der Waals surface area contributed by atoms with E-state index in [0.717, 1.165) is 35.4 Å². The van der Waals surface area contributed by atoms with Crippen LogP contribution in [0, 0.1) is 5.92 Å². The first kappa shape index (κ1) is 15.1. The van der Waals surface area contributed by atoms with E-state index in [4.69, 9.17) is 0 Å². The predicted octanol–water partition coefficient (Wildman–Crippen LogP) is 1.06. The second-order valence-electron chi connectivity index (χ2n) is 6.54. The topological polar surface area (TPSA) is 93.7 Å². The zero-order chi connectivity index (χ0) is 16.7. The normalized spacial score (nSPS) is 23.9. The summed E-state index contributed by atoms with van der Waals surface area (Å²) in [7, 11) is 3.83. The number of aryl methyl sites for hydroxylation is 2. The van der Waals surface area contributed by atoms with Gasteiger partial charge in [0.2, 0.25) is 0 Å². The van der Waals surface area contributed by atoms with Crippen molar-refractivity contribution in [3.05, 3.63) is 30.6 Å². The highest BCUT2D eigenvalue weighted by molar-refractivity contribution is 5.88. The quantitative estimate of drug-likeness (QED) is 0.744. The summed E-state index contributed by atoms with van der Waals surface area (Å²) in [4.78, 5) is 4.34. The van der Waals surface area contributed by atoms with Gasteiger partial charge in [0.25, 0.3) is 0 Å². The van der Waals surface area contributed by atoms with Gasteiger partial charge >= 0.3 is 0 Å². The van der Waals surface area contributed by atoms with Crippen LogP contribution in [0.5, 0.6) is 0 Å². The Morgan fingerprint density at radius 1 is 1.33 bits per heavy atom. The molecule has 1 aliphatic carbocycles. The fourth-order valence-electron chi connectivity index (χ4n) is 3.64. The maximum atomic E-state index is 10.4. The molecule has 3 aromatic heterocycles. The van der Waals surface area contributed by atoms with Crippen molar-refractivity contribution in [1.29, 1.82) is 0 Å². The van der Waals surface area contributed by atoms with Crippen molar-refractivity contribution in [3.8, 4) is 0 Å². The highest BCUT2D eigenvalue weighted by Crippen LogP contribution is 2.37. The summed E-state index contributed by atoms with van der Waals surface area (Å²) in [5, 5.41) is 27.3. The van der Waals surface area contributed by atoms with Crippen molar-refractivity contribution in [2.24, 2.45) is 20.0 Å². The molecular formula is C16H21N7O. The summed E-state index contributed by atoms with van der Waals surface area (Å²) in [6, 6.07) is 1.95. The minimum absolute atomic E-state index is 0.187. The number of fused-ring (bicyclic) bond motifs is 1. The van der Waals surface area contributed by atoms with E-state index in [1.807, 2.05) is 30.9 Å². The fraction of sp³-hybridized carbons (Fsp3) is 0.500. The number of aliphatic hydroxyl groups is 1. The number of hydrogen-bond acceptors (Lipinski definition) is 6. The van der Waals surface area contributed by atoms with Crippen molar-refractivity contribution >= 4 is 16.7 Å². The lowest BCUT2D eigenvalue weighted by Crippen LogP contribution is -2.21. The van der Waals surface area contributed by atoms with Gasteiger partial charge in [-0.05, 0) is 18.9 Å². The molecule has 24 heavy (non-hydrogen) atoms. The molecule has 0 aliphatic heterocycles. The first-order chi connectivity index (χ1) is 11.6. The molecule has 0 amide bonds. The summed E-state index contributed by atoms with van der Waals surface area (Å²) >= 11 is 0. The summed E-state index contributed by atoms with van der Waals surface area (Å²) in [6.45, 7) is 0.712. The van der Waals surface area contributed by atoms with Gasteiger partial charge in [-0.2, -0.15) is 5.10 Å². The van der Waals surface area contributed by atoms with E-state index in [1.54, 1.807) is 17.2 Å². The molecule has 1 fully saturated rings. The van der Waals surface area contributed by atoms with Crippen LogP contribution in [0.3, 0.4) is 0 Å². The lowest BCUT2D eigenvalue weighted by Gasteiger charge is -2.16. The molecule has 3 aromatic rings. The Morgan fingerprint density at radius 2 is 2.21 bits per heavy atom.